The van der Waals surface area contributed by atoms with Gasteiger partial charge in [0, 0.05) is 31.5 Å². The Balaban J connectivity index is 1.14. The summed E-state index contributed by atoms with van der Waals surface area (Å²) in [6.45, 7) is 0.269. The summed E-state index contributed by atoms with van der Waals surface area (Å²) in [5, 5.41) is 12.1. The Labute approximate surface area is 205 Å². The van der Waals surface area contributed by atoms with Crippen LogP contribution < -0.4 is 5.32 Å². The van der Waals surface area contributed by atoms with E-state index in [1.54, 1.807) is 11.9 Å². The van der Waals surface area contributed by atoms with Crippen LogP contribution in [0.15, 0.2) is 48.5 Å². The molecule has 2 atom stereocenters. The maximum Gasteiger partial charge on any atom is 0.407 e. The van der Waals surface area contributed by atoms with E-state index in [1.165, 1.54) is 22.3 Å². The van der Waals surface area contributed by atoms with E-state index in [4.69, 9.17) is 9.84 Å². The Morgan fingerprint density at radius 3 is 2.26 bits per heavy atom. The van der Waals surface area contributed by atoms with Crippen LogP contribution in [-0.4, -0.2) is 53.7 Å². The van der Waals surface area contributed by atoms with Crippen LogP contribution in [0.25, 0.3) is 11.1 Å². The van der Waals surface area contributed by atoms with Crippen molar-refractivity contribution in [1.29, 1.82) is 0 Å². The zero-order valence-electron chi connectivity index (χ0n) is 20.0. The van der Waals surface area contributed by atoms with Gasteiger partial charge in [0.2, 0.25) is 5.91 Å². The number of hydrogen-bond acceptors (Lipinski definition) is 4. The van der Waals surface area contributed by atoms with E-state index in [-0.39, 0.29) is 42.4 Å². The number of nitrogens with zero attached hydrogens (tertiary/aromatic N) is 1. The summed E-state index contributed by atoms with van der Waals surface area (Å²) in [5.74, 6) is -1.03. The monoisotopic (exact) mass is 476 g/mol. The SMILES string of the molecule is CN(C(=O)CC1CCCC1NC(=O)OCC1c2ccccc2-c2ccccc21)C1CC(C(=O)O)C1. The molecule has 0 heterocycles. The molecular formula is C28H32N2O5. The molecule has 2 unspecified atom stereocenters. The van der Waals surface area contributed by atoms with Crippen molar-refractivity contribution in [3.8, 4) is 11.1 Å². The first-order valence-electron chi connectivity index (χ1n) is 12.5. The number of ether oxygens (including phenoxy) is 1. The molecule has 2 aromatic rings. The van der Waals surface area contributed by atoms with Gasteiger partial charge in [0.1, 0.15) is 6.61 Å². The molecule has 7 nitrogen and oxygen atoms in total. The molecule has 0 spiro atoms. The molecule has 0 bridgehead atoms. The van der Waals surface area contributed by atoms with Crippen molar-refractivity contribution in [2.24, 2.45) is 11.8 Å². The lowest BCUT2D eigenvalue weighted by molar-refractivity contribution is -0.150. The lowest BCUT2D eigenvalue weighted by Gasteiger charge is -2.39. The Morgan fingerprint density at radius 1 is 1.00 bits per heavy atom. The van der Waals surface area contributed by atoms with Crippen molar-refractivity contribution in [3.63, 3.8) is 0 Å². The van der Waals surface area contributed by atoms with E-state index >= 15 is 0 Å². The highest BCUT2D eigenvalue weighted by molar-refractivity contribution is 5.79. The topological polar surface area (TPSA) is 95.9 Å². The van der Waals surface area contributed by atoms with Crippen molar-refractivity contribution < 1.29 is 24.2 Å². The number of carboxylic acid groups (broad SMARTS) is 1. The average Bonchev–Trinajstić information content (AvgIpc) is 3.38. The number of hydrogen-bond donors (Lipinski definition) is 2. The van der Waals surface area contributed by atoms with E-state index in [1.807, 2.05) is 24.3 Å². The van der Waals surface area contributed by atoms with Gasteiger partial charge in [0.25, 0.3) is 0 Å². The van der Waals surface area contributed by atoms with Crippen LogP contribution in [0.5, 0.6) is 0 Å². The lowest BCUT2D eigenvalue weighted by atomic mass is 9.79. The number of amides is 2. The van der Waals surface area contributed by atoms with Crippen LogP contribution in [0.2, 0.25) is 0 Å². The molecule has 0 radical (unpaired) electrons. The Hall–Kier alpha value is -3.35. The largest absolute Gasteiger partial charge is 0.481 e. The van der Waals surface area contributed by atoms with Gasteiger partial charge in [-0.2, -0.15) is 0 Å². The molecule has 35 heavy (non-hydrogen) atoms. The fraction of sp³-hybridized carbons (Fsp3) is 0.464. The fourth-order valence-corrected chi connectivity index (χ4v) is 5.94. The standard InChI is InChI=1S/C28H32N2O5/c1-30(19-13-18(14-19)27(32)33)26(31)15-17-7-6-12-25(17)29-28(34)35-16-24-22-10-4-2-8-20(22)21-9-3-5-11-23(21)24/h2-5,8-11,17-19,24-25H,6-7,12-16H2,1H3,(H,29,34)(H,32,33). The molecule has 7 heteroatoms. The maximum absolute atomic E-state index is 12.8. The molecule has 2 amide bonds. The minimum absolute atomic E-state index is 0.00135. The summed E-state index contributed by atoms with van der Waals surface area (Å²) in [7, 11) is 1.76. The highest BCUT2D eigenvalue weighted by Gasteiger charge is 2.40. The fourth-order valence-electron chi connectivity index (χ4n) is 5.94. The van der Waals surface area contributed by atoms with Crippen LogP contribution in [-0.2, 0) is 14.3 Å². The zero-order valence-corrected chi connectivity index (χ0v) is 20.0. The first kappa shape index (κ1) is 23.4. The second kappa shape index (κ2) is 9.72. The molecule has 0 aliphatic heterocycles. The zero-order chi connectivity index (χ0) is 24.5. The van der Waals surface area contributed by atoms with Crippen LogP contribution in [0.4, 0.5) is 4.79 Å². The quantitative estimate of drug-likeness (QED) is 0.617. The van der Waals surface area contributed by atoms with E-state index in [9.17, 15) is 14.4 Å². The Morgan fingerprint density at radius 2 is 1.63 bits per heavy atom. The maximum atomic E-state index is 12.8. The molecule has 2 fully saturated rings. The molecule has 3 aliphatic carbocycles. The second-order valence-electron chi connectivity index (χ2n) is 10.1. The molecule has 3 aliphatic rings. The summed E-state index contributed by atoms with van der Waals surface area (Å²) in [6.07, 6.45) is 3.63. The smallest absolute Gasteiger partial charge is 0.407 e. The third kappa shape index (κ3) is 4.64. The van der Waals surface area contributed by atoms with Gasteiger partial charge in [-0.25, -0.2) is 4.79 Å². The number of rotatable bonds is 7. The van der Waals surface area contributed by atoms with Crippen LogP contribution in [0.1, 0.15) is 55.6 Å². The lowest BCUT2D eigenvalue weighted by Crippen LogP contribution is -2.48. The molecule has 2 aromatic carbocycles. The molecule has 184 valence electrons. The number of aliphatic carboxylic acids is 1. The van der Waals surface area contributed by atoms with E-state index in [0.29, 0.717) is 19.3 Å². The van der Waals surface area contributed by atoms with Gasteiger partial charge in [-0.1, -0.05) is 55.0 Å². The van der Waals surface area contributed by atoms with E-state index in [0.717, 1.165) is 19.3 Å². The molecule has 5 rings (SSSR count). The number of carboxylic acids is 1. The van der Waals surface area contributed by atoms with Gasteiger partial charge in [-0.15, -0.1) is 0 Å². The van der Waals surface area contributed by atoms with Gasteiger partial charge in [0.15, 0.2) is 0 Å². The number of benzene rings is 2. The third-order valence-electron chi connectivity index (χ3n) is 8.15. The van der Waals surface area contributed by atoms with Crippen molar-refractivity contribution in [1.82, 2.24) is 10.2 Å². The second-order valence-corrected chi connectivity index (χ2v) is 10.1. The summed E-state index contributed by atoms with van der Waals surface area (Å²) in [6, 6.07) is 16.4. The first-order chi connectivity index (χ1) is 16.9. The first-order valence-corrected chi connectivity index (χ1v) is 12.5. The minimum atomic E-state index is -0.787. The highest BCUT2D eigenvalue weighted by atomic mass is 16.5. The third-order valence-corrected chi connectivity index (χ3v) is 8.15. The average molecular weight is 477 g/mol. The van der Waals surface area contributed by atoms with Crippen molar-refractivity contribution in [3.05, 3.63) is 59.7 Å². The van der Waals surface area contributed by atoms with Crippen LogP contribution in [0.3, 0.4) is 0 Å². The highest BCUT2D eigenvalue weighted by Crippen LogP contribution is 2.44. The molecule has 2 N–H and O–H groups in total. The van der Waals surface area contributed by atoms with Gasteiger partial charge < -0.3 is 20.1 Å². The normalized spacial score (nSPS) is 24.7. The Bertz CT molecular complexity index is 1080. The summed E-state index contributed by atoms with van der Waals surface area (Å²) in [5.41, 5.74) is 4.73. The van der Waals surface area contributed by atoms with E-state index in [2.05, 4.69) is 29.6 Å². The number of alkyl carbamates (subject to hydrolysis) is 1. The minimum Gasteiger partial charge on any atom is -0.481 e. The Kier molecular flexibility index (Phi) is 6.50. The van der Waals surface area contributed by atoms with Crippen LogP contribution >= 0.6 is 0 Å². The van der Waals surface area contributed by atoms with Gasteiger partial charge in [-0.05, 0) is 53.9 Å². The van der Waals surface area contributed by atoms with Crippen molar-refractivity contribution in [2.75, 3.05) is 13.7 Å². The molecule has 2 saturated carbocycles. The number of carbonyl (C=O) groups is 3. The van der Waals surface area contributed by atoms with Crippen molar-refractivity contribution >= 4 is 18.0 Å². The summed E-state index contributed by atoms with van der Waals surface area (Å²) < 4.78 is 5.70. The van der Waals surface area contributed by atoms with Gasteiger partial charge in [0.05, 0.1) is 5.92 Å². The van der Waals surface area contributed by atoms with Gasteiger partial charge in [-0.3, -0.25) is 9.59 Å². The van der Waals surface area contributed by atoms with E-state index < -0.39 is 12.1 Å². The van der Waals surface area contributed by atoms with Gasteiger partial charge >= 0.3 is 12.1 Å². The predicted molar refractivity (Wildman–Crippen MR) is 131 cm³/mol. The number of fused-ring (bicyclic) bond motifs is 3. The number of nitrogens with one attached hydrogen (secondary N) is 1. The summed E-state index contributed by atoms with van der Waals surface area (Å²) in [4.78, 5) is 38.3. The predicted octanol–water partition coefficient (Wildman–Crippen LogP) is 4.41. The molecule has 0 aromatic heterocycles. The molecule has 0 saturated heterocycles. The molecular weight excluding hydrogens is 444 g/mol. The van der Waals surface area contributed by atoms with Crippen LogP contribution in [0, 0.1) is 11.8 Å². The number of carbonyl (C=O) groups excluding carboxylic acids is 2. The van der Waals surface area contributed by atoms with Crippen molar-refractivity contribution in [2.45, 2.75) is 56.5 Å². The summed E-state index contributed by atoms with van der Waals surface area (Å²) >= 11 is 0.